The third-order valence-electron chi connectivity index (χ3n) is 2.99. The molecular formula is C14H10BrFN2S. The number of fused-ring (bicyclic) bond motifs is 1. The third-order valence-corrected chi connectivity index (χ3v) is 3.94. The lowest BCUT2D eigenvalue weighted by Gasteiger charge is -2.08. The number of aromatic amines is 1. The number of rotatable bonds is 1. The fourth-order valence-electron chi connectivity index (χ4n) is 2.12. The summed E-state index contributed by atoms with van der Waals surface area (Å²) in [6.45, 7) is 2.02. The van der Waals surface area contributed by atoms with Crippen molar-refractivity contribution < 1.29 is 4.39 Å². The quantitative estimate of drug-likeness (QED) is 0.627. The number of aromatic nitrogens is 2. The number of aryl methyl sites for hydroxylation is 1. The molecule has 0 saturated carbocycles. The monoisotopic (exact) mass is 336 g/mol. The largest absolute Gasteiger partial charge is 0.330 e. The Morgan fingerprint density at radius 2 is 2.00 bits per heavy atom. The Kier molecular flexibility index (Phi) is 3.03. The first-order valence-electron chi connectivity index (χ1n) is 5.73. The van der Waals surface area contributed by atoms with E-state index in [-0.39, 0.29) is 5.82 Å². The average Bonchev–Trinajstić information content (AvgIpc) is 2.67. The highest BCUT2D eigenvalue weighted by Crippen LogP contribution is 2.27. The molecule has 2 nitrogen and oxygen atoms in total. The first-order chi connectivity index (χ1) is 9.06. The van der Waals surface area contributed by atoms with Crippen LogP contribution in [-0.4, -0.2) is 9.55 Å². The van der Waals surface area contributed by atoms with Crippen molar-refractivity contribution in [2.45, 2.75) is 6.92 Å². The van der Waals surface area contributed by atoms with Gasteiger partial charge in [-0.2, -0.15) is 0 Å². The van der Waals surface area contributed by atoms with Gasteiger partial charge in [0.15, 0.2) is 4.77 Å². The molecule has 96 valence electrons. The summed E-state index contributed by atoms with van der Waals surface area (Å²) < 4.78 is 16.6. The summed E-state index contributed by atoms with van der Waals surface area (Å²) >= 11 is 8.88. The second kappa shape index (κ2) is 4.58. The van der Waals surface area contributed by atoms with Crippen molar-refractivity contribution in [2.75, 3.05) is 0 Å². The zero-order valence-electron chi connectivity index (χ0n) is 10.1. The second-order valence-corrected chi connectivity index (χ2v) is 5.62. The molecule has 0 spiro atoms. The van der Waals surface area contributed by atoms with Crippen LogP contribution in [-0.2, 0) is 0 Å². The first-order valence-corrected chi connectivity index (χ1v) is 6.93. The minimum absolute atomic E-state index is 0.279. The molecule has 0 aliphatic rings. The first kappa shape index (κ1) is 12.6. The molecule has 0 saturated heterocycles. The standard InChI is InChI=1S/C14H10BrFN2S/c1-8-2-4-10(15)13(6-8)18-12-5-3-9(16)7-11(12)17-14(18)19/h2-7H,1H3,(H,17,19). The number of nitrogens with zero attached hydrogens (tertiary/aromatic N) is 1. The predicted octanol–water partition coefficient (Wildman–Crippen LogP) is 4.90. The van der Waals surface area contributed by atoms with Gasteiger partial charge < -0.3 is 4.98 Å². The molecule has 1 aromatic heterocycles. The van der Waals surface area contributed by atoms with E-state index in [4.69, 9.17) is 12.2 Å². The van der Waals surface area contributed by atoms with E-state index in [1.54, 1.807) is 6.07 Å². The van der Waals surface area contributed by atoms with Gasteiger partial charge in [0.05, 0.1) is 16.7 Å². The minimum atomic E-state index is -0.279. The Balaban J connectivity index is 2.39. The van der Waals surface area contributed by atoms with Gasteiger partial charge in [-0.15, -0.1) is 0 Å². The molecular weight excluding hydrogens is 327 g/mol. The molecule has 0 unspecified atom stereocenters. The Hall–Kier alpha value is -1.46. The highest BCUT2D eigenvalue weighted by Gasteiger charge is 2.10. The lowest BCUT2D eigenvalue weighted by Crippen LogP contribution is -1.96. The van der Waals surface area contributed by atoms with Crippen molar-refractivity contribution in [3.63, 3.8) is 0 Å². The number of halogens is 2. The molecule has 0 aliphatic carbocycles. The van der Waals surface area contributed by atoms with E-state index in [0.29, 0.717) is 10.3 Å². The molecule has 3 rings (SSSR count). The molecule has 0 radical (unpaired) electrons. The van der Waals surface area contributed by atoms with Gasteiger partial charge in [-0.1, -0.05) is 6.07 Å². The number of nitrogens with one attached hydrogen (secondary N) is 1. The third kappa shape index (κ3) is 2.13. The summed E-state index contributed by atoms with van der Waals surface area (Å²) in [5, 5.41) is 0. The van der Waals surface area contributed by atoms with Crippen molar-refractivity contribution in [2.24, 2.45) is 0 Å². The van der Waals surface area contributed by atoms with Crippen LogP contribution in [0, 0.1) is 17.5 Å². The van der Waals surface area contributed by atoms with E-state index in [1.807, 2.05) is 29.7 Å². The van der Waals surface area contributed by atoms with E-state index in [2.05, 4.69) is 20.9 Å². The highest BCUT2D eigenvalue weighted by atomic mass is 79.9. The van der Waals surface area contributed by atoms with Gasteiger partial charge in [-0.25, -0.2) is 4.39 Å². The Morgan fingerprint density at radius 1 is 1.21 bits per heavy atom. The summed E-state index contributed by atoms with van der Waals surface area (Å²) in [5.41, 5.74) is 3.63. The normalized spacial score (nSPS) is 11.1. The molecule has 2 aromatic carbocycles. The molecule has 0 aliphatic heterocycles. The van der Waals surface area contributed by atoms with Gasteiger partial charge in [0.2, 0.25) is 0 Å². The van der Waals surface area contributed by atoms with Crippen LogP contribution in [0.25, 0.3) is 16.7 Å². The molecule has 19 heavy (non-hydrogen) atoms. The average molecular weight is 337 g/mol. The van der Waals surface area contributed by atoms with Crippen LogP contribution in [0.5, 0.6) is 0 Å². The van der Waals surface area contributed by atoms with Gasteiger partial charge in [0, 0.05) is 4.47 Å². The number of benzene rings is 2. The molecule has 0 fully saturated rings. The summed E-state index contributed by atoms with van der Waals surface area (Å²) in [6, 6.07) is 10.7. The molecule has 1 N–H and O–H groups in total. The van der Waals surface area contributed by atoms with Crippen molar-refractivity contribution in [1.29, 1.82) is 0 Å². The van der Waals surface area contributed by atoms with Gasteiger partial charge in [-0.3, -0.25) is 4.57 Å². The Bertz CT molecular complexity index is 835. The van der Waals surface area contributed by atoms with Crippen LogP contribution in [0.3, 0.4) is 0 Å². The van der Waals surface area contributed by atoms with E-state index in [9.17, 15) is 4.39 Å². The zero-order chi connectivity index (χ0) is 13.6. The van der Waals surface area contributed by atoms with Crippen LogP contribution in [0.15, 0.2) is 40.9 Å². The molecule has 0 bridgehead atoms. The van der Waals surface area contributed by atoms with Crippen LogP contribution >= 0.6 is 28.1 Å². The summed E-state index contributed by atoms with van der Waals surface area (Å²) in [6.07, 6.45) is 0. The number of imidazole rings is 1. The maximum absolute atomic E-state index is 13.3. The van der Waals surface area contributed by atoms with Gasteiger partial charge in [-0.05, 0) is 71.0 Å². The fourth-order valence-corrected chi connectivity index (χ4v) is 2.85. The molecule has 0 amide bonds. The van der Waals surface area contributed by atoms with Gasteiger partial charge in [0.25, 0.3) is 0 Å². The molecule has 3 aromatic rings. The Labute approximate surface area is 123 Å². The molecule has 0 atom stereocenters. The highest BCUT2D eigenvalue weighted by molar-refractivity contribution is 9.10. The van der Waals surface area contributed by atoms with Crippen LogP contribution in [0.2, 0.25) is 0 Å². The predicted molar refractivity (Wildman–Crippen MR) is 80.9 cm³/mol. The van der Waals surface area contributed by atoms with Crippen LogP contribution < -0.4 is 0 Å². The van der Waals surface area contributed by atoms with Crippen molar-refractivity contribution >= 4 is 39.2 Å². The molecule has 1 heterocycles. The SMILES string of the molecule is Cc1ccc(Br)c(-n2c(=S)[nH]c3cc(F)ccc32)c1. The van der Waals surface area contributed by atoms with Crippen molar-refractivity contribution in [3.05, 3.63) is 57.0 Å². The van der Waals surface area contributed by atoms with E-state index >= 15 is 0 Å². The van der Waals surface area contributed by atoms with E-state index in [1.165, 1.54) is 12.1 Å². The van der Waals surface area contributed by atoms with Gasteiger partial charge >= 0.3 is 0 Å². The maximum Gasteiger partial charge on any atom is 0.182 e. The second-order valence-electron chi connectivity index (χ2n) is 4.38. The number of hydrogen-bond acceptors (Lipinski definition) is 1. The van der Waals surface area contributed by atoms with E-state index in [0.717, 1.165) is 21.2 Å². The van der Waals surface area contributed by atoms with Gasteiger partial charge in [0.1, 0.15) is 5.82 Å². The van der Waals surface area contributed by atoms with E-state index < -0.39 is 0 Å². The summed E-state index contributed by atoms with van der Waals surface area (Å²) in [7, 11) is 0. The summed E-state index contributed by atoms with van der Waals surface area (Å²) in [4.78, 5) is 3.03. The van der Waals surface area contributed by atoms with Crippen LogP contribution in [0.1, 0.15) is 5.56 Å². The lowest BCUT2D eigenvalue weighted by molar-refractivity contribution is 0.629. The zero-order valence-corrected chi connectivity index (χ0v) is 12.5. The smallest absolute Gasteiger partial charge is 0.182 e. The maximum atomic E-state index is 13.3. The molecule has 5 heteroatoms. The topological polar surface area (TPSA) is 20.7 Å². The minimum Gasteiger partial charge on any atom is -0.330 e. The van der Waals surface area contributed by atoms with Crippen molar-refractivity contribution in [1.82, 2.24) is 9.55 Å². The van der Waals surface area contributed by atoms with Crippen LogP contribution in [0.4, 0.5) is 4.39 Å². The number of hydrogen-bond donors (Lipinski definition) is 1. The number of H-pyrrole nitrogens is 1. The lowest BCUT2D eigenvalue weighted by atomic mass is 10.2. The fraction of sp³-hybridized carbons (Fsp3) is 0.0714. The summed E-state index contributed by atoms with van der Waals surface area (Å²) in [5.74, 6) is -0.279. The Morgan fingerprint density at radius 3 is 2.79 bits per heavy atom. The van der Waals surface area contributed by atoms with Crippen molar-refractivity contribution in [3.8, 4) is 5.69 Å².